The minimum Gasteiger partial charge on any atom is -0.328 e. The van der Waals surface area contributed by atoms with Crippen molar-refractivity contribution in [3.63, 3.8) is 0 Å². The predicted molar refractivity (Wildman–Crippen MR) is 67.3 cm³/mol. The average molecular weight is 222 g/mol. The maximum atomic E-state index is 4.29. The fourth-order valence-corrected chi connectivity index (χ4v) is 2.43. The Morgan fingerprint density at radius 3 is 2.73 bits per heavy atom. The molecule has 1 saturated carbocycles. The van der Waals surface area contributed by atoms with Gasteiger partial charge in [0.25, 0.3) is 0 Å². The lowest BCUT2D eigenvalue weighted by molar-refractivity contribution is 0.848. The molecule has 2 nitrogen and oxygen atoms in total. The summed E-state index contributed by atoms with van der Waals surface area (Å²) in [5.41, 5.74) is 3.86. The Labute approximate surface area is 96.0 Å². The fourth-order valence-electron chi connectivity index (χ4n) is 1.56. The van der Waals surface area contributed by atoms with Gasteiger partial charge >= 0.3 is 0 Å². The van der Waals surface area contributed by atoms with E-state index in [-0.39, 0.29) is 0 Å². The number of nitrogens with one attached hydrogen (secondary N) is 1. The van der Waals surface area contributed by atoms with Crippen molar-refractivity contribution in [2.24, 2.45) is 0 Å². The van der Waals surface area contributed by atoms with Gasteiger partial charge in [0.2, 0.25) is 0 Å². The molecule has 1 aromatic rings. The molecule has 1 aromatic heterocycles. The van der Waals surface area contributed by atoms with Gasteiger partial charge in [-0.3, -0.25) is 4.98 Å². The summed E-state index contributed by atoms with van der Waals surface area (Å²) in [6.45, 7) is 6.59. The standard InChI is InChI=1S/C12H18N2S/c1-8(2)11-6-13-7-12(9(11)3)14-15-10-4-5-10/h6-8,10,14H,4-5H2,1-3H3. The molecule has 1 heterocycles. The Balaban J connectivity index is 2.11. The third-order valence-corrected chi connectivity index (χ3v) is 3.88. The first-order valence-corrected chi connectivity index (χ1v) is 6.42. The van der Waals surface area contributed by atoms with Crippen LogP contribution in [-0.4, -0.2) is 10.2 Å². The second-order valence-corrected chi connectivity index (χ2v) is 5.58. The number of pyridine rings is 1. The number of rotatable bonds is 4. The van der Waals surface area contributed by atoms with Gasteiger partial charge in [0.1, 0.15) is 0 Å². The Morgan fingerprint density at radius 2 is 2.13 bits per heavy atom. The van der Waals surface area contributed by atoms with Crippen molar-refractivity contribution < 1.29 is 0 Å². The zero-order valence-electron chi connectivity index (χ0n) is 9.58. The molecule has 1 N–H and O–H groups in total. The zero-order valence-corrected chi connectivity index (χ0v) is 10.4. The molecule has 0 aliphatic heterocycles. The van der Waals surface area contributed by atoms with E-state index in [1.54, 1.807) is 0 Å². The molecule has 1 fully saturated rings. The van der Waals surface area contributed by atoms with Crippen LogP contribution in [0.4, 0.5) is 5.69 Å². The molecule has 0 radical (unpaired) electrons. The van der Waals surface area contributed by atoms with Crippen LogP contribution >= 0.6 is 11.9 Å². The number of nitrogens with zero attached hydrogens (tertiary/aromatic N) is 1. The van der Waals surface area contributed by atoms with E-state index in [1.807, 2.05) is 24.3 Å². The molecule has 15 heavy (non-hydrogen) atoms. The van der Waals surface area contributed by atoms with Gasteiger partial charge in [0, 0.05) is 11.4 Å². The maximum Gasteiger partial charge on any atom is 0.0658 e. The molecule has 0 bridgehead atoms. The highest BCUT2D eigenvalue weighted by Gasteiger charge is 2.22. The van der Waals surface area contributed by atoms with E-state index in [1.165, 1.54) is 29.7 Å². The summed E-state index contributed by atoms with van der Waals surface area (Å²) in [5.74, 6) is 0.546. The Kier molecular flexibility index (Phi) is 3.19. The first-order valence-electron chi connectivity index (χ1n) is 5.54. The highest BCUT2D eigenvalue weighted by atomic mass is 32.2. The molecule has 2 rings (SSSR count). The van der Waals surface area contributed by atoms with Crippen molar-refractivity contribution in [2.75, 3.05) is 4.72 Å². The van der Waals surface area contributed by atoms with Gasteiger partial charge in [-0.25, -0.2) is 0 Å². The normalized spacial score (nSPS) is 15.7. The highest BCUT2D eigenvalue weighted by Crippen LogP contribution is 2.35. The summed E-state index contributed by atoms with van der Waals surface area (Å²) in [6.07, 6.45) is 6.62. The molecule has 1 aliphatic rings. The molecule has 0 saturated heterocycles. The topological polar surface area (TPSA) is 24.9 Å². The summed E-state index contributed by atoms with van der Waals surface area (Å²) >= 11 is 1.84. The second-order valence-electron chi connectivity index (χ2n) is 4.48. The Hall–Kier alpha value is -0.700. The van der Waals surface area contributed by atoms with Gasteiger partial charge in [0.15, 0.2) is 0 Å². The largest absolute Gasteiger partial charge is 0.328 e. The number of hydrogen-bond donors (Lipinski definition) is 1. The highest BCUT2D eigenvalue weighted by molar-refractivity contribution is 8.01. The molecular weight excluding hydrogens is 204 g/mol. The van der Waals surface area contributed by atoms with Crippen LogP contribution in [0.25, 0.3) is 0 Å². The van der Waals surface area contributed by atoms with Gasteiger partial charge in [0.05, 0.1) is 11.9 Å². The first kappa shape index (κ1) is 10.8. The summed E-state index contributed by atoms with van der Waals surface area (Å²) < 4.78 is 3.42. The Morgan fingerprint density at radius 1 is 1.40 bits per heavy atom. The minimum absolute atomic E-state index is 0.546. The first-order chi connectivity index (χ1) is 7.18. The van der Waals surface area contributed by atoms with Crippen molar-refractivity contribution in [3.8, 4) is 0 Å². The van der Waals surface area contributed by atoms with Crippen LogP contribution < -0.4 is 4.72 Å². The van der Waals surface area contributed by atoms with Crippen molar-refractivity contribution in [1.82, 2.24) is 4.98 Å². The fraction of sp³-hybridized carbons (Fsp3) is 0.583. The third kappa shape index (κ3) is 2.65. The molecule has 0 aromatic carbocycles. The molecule has 0 atom stereocenters. The molecule has 3 heteroatoms. The minimum atomic E-state index is 0.546. The van der Waals surface area contributed by atoms with Gasteiger partial charge < -0.3 is 4.72 Å². The van der Waals surface area contributed by atoms with Crippen molar-refractivity contribution in [2.45, 2.75) is 44.8 Å². The zero-order chi connectivity index (χ0) is 10.8. The molecule has 0 unspecified atom stereocenters. The van der Waals surface area contributed by atoms with E-state index in [0.29, 0.717) is 5.92 Å². The third-order valence-electron chi connectivity index (χ3n) is 2.74. The Bertz CT molecular complexity index is 345. The molecule has 82 valence electrons. The number of anilines is 1. The van der Waals surface area contributed by atoms with E-state index in [4.69, 9.17) is 0 Å². The second kappa shape index (κ2) is 4.44. The lowest BCUT2D eigenvalue weighted by Gasteiger charge is -2.13. The monoisotopic (exact) mass is 222 g/mol. The van der Waals surface area contributed by atoms with E-state index in [9.17, 15) is 0 Å². The number of hydrogen-bond acceptors (Lipinski definition) is 3. The van der Waals surface area contributed by atoms with E-state index in [0.717, 1.165) is 5.25 Å². The van der Waals surface area contributed by atoms with Gasteiger partial charge in [-0.2, -0.15) is 0 Å². The quantitative estimate of drug-likeness (QED) is 0.786. The molecular formula is C12H18N2S. The van der Waals surface area contributed by atoms with E-state index < -0.39 is 0 Å². The average Bonchev–Trinajstić information content (AvgIpc) is 2.99. The smallest absolute Gasteiger partial charge is 0.0658 e. The van der Waals surface area contributed by atoms with Gasteiger partial charge in [-0.1, -0.05) is 13.8 Å². The van der Waals surface area contributed by atoms with E-state index in [2.05, 4.69) is 30.5 Å². The molecule has 0 amide bonds. The van der Waals surface area contributed by atoms with Crippen LogP contribution in [0, 0.1) is 6.92 Å². The summed E-state index contributed by atoms with van der Waals surface area (Å²) in [4.78, 5) is 4.29. The van der Waals surface area contributed by atoms with E-state index >= 15 is 0 Å². The maximum absolute atomic E-state index is 4.29. The predicted octanol–water partition coefficient (Wildman–Crippen LogP) is 3.74. The van der Waals surface area contributed by atoms with Crippen molar-refractivity contribution in [1.29, 1.82) is 0 Å². The lowest BCUT2D eigenvalue weighted by atomic mass is 10.00. The molecule has 1 aliphatic carbocycles. The lowest BCUT2D eigenvalue weighted by Crippen LogP contribution is -1.99. The van der Waals surface area contributed by atoms with Crippen LogP contribution in [0.2, 0.25) is 0 Å². The SMILES string of the molecule is Cc1c(NSC2CC2)cncc1C(C)C. The van der Waals surface area contributed by atoms with Crippen LogP contribution in [-0.2, 0) is 0 Å². The number of aromatic nitrogens is 1. The van der Waals surface area contributed by atoms with Crippen LogP contribution in [0.3, 0.4) is 0 Å². The van der Waals surface area contributed by atoms with Crippen LogP contribution in [0.5, 0.6) is 0 Å². The van der Waals surface area contributed by atoms with Crippen LogP contribution in [0.15, 0.2) is 12.4 Å². The van der Waals surface area contributed by atoms with Gasteiger partial charge in [-0.15, -0.1) is 0 Å². The van der Waals surface area contributed by atoms with Crippen molar-refractivity contribution >= 4 is 17.6 Å². The molecule has 0 spiro atoms. The van der Waals surface area contributed by atoms with Crippen molar-refractivity contribution in [3.05, 3.63) is 23.5 Å². The van der Waals surface area contributed by atoms with Crippen LogP contribution in [0.1, 0.15) is 43.7 Å². The van der Waals surface area contributed by atoms with Gasteiger partial charge in [-0.05, 0) is 48.8 Å². The summed E-state index contributed by atoms with van der Waals surface area (Å²) in [5, 5.41) is 0.826. The summed E-state index contributed by atoms with van der Waals surface area (Å²) in [7, 11) is 0. The summed E-state index contributed by atoms with van der Waals surface area (Å²) in [6, 6.07) is 0.